The first kappa shape index (κ1) is 37.3. The molecular weight excluding hydrogens is 677 g/mol. The van der Waals surface area contributed by atoms with Crippen molar-refractivity contribution in [1.29, 1.82) is 0 Å². The maximum atomic E-state index is 13.2. The van der Waals surface area contributed by atoms with Crippen molar-refractivity contribution in [2.45, 2.75) is 0 Å². The largest absolute Gasteiger partial charge is 0.507 e. The highest BCUT2D eigenvalue weighted by Gasteiger charge is 2.20. The van der Waals surface area contributed by atoms with Gasteiger partial charge >= 0.3 is 0 Å². The van der Waals surface area contributed by atoms with Gasteiger partial charge in [0.25, 0.3) is 11.8 Å². The number of carbonyl (C=O) groups is 3. The molecule has 0 saturated carbocycles. The fraction of sp³-hybridized carbons (Fsp3) is 0.273. The van der Waals surface area contributed by atoms with Crippen molar-refractivity contribution in [2.24, 2.45) is 5.73 Å². The van der Waals surface area contributed by atoms with Crippen LogP contribution in [0.2, 0.25) is 0 Å². The van der Waals surface area contributed by atoms with Gasteiger partial charge < -0.3 is 54.5 Å². The molecule has 4 aromatic rings. The van der Waals surface area contributed by atoms with Crippen LogP contribution in [0.25, 0.3) is 22.1 Å². The van der Waals surface area contributed by atoms with Crippen molar-refractivity contribution < 1.29 is 57.1 Å². The number of benzene rings is 3. The topological polar surface area (TPSA) is 235 Å². The molecule has 0 aliphatic rings. The number of carbonyl (C=O) groups excluding carboxylic acids is 3. The maximum absolute atomic E-state index is 13.2. The van der Waals surface area contributed by atoms with Crippen molar-refractivity contribution in [1.82, 2.24) is 5.32 Å². The molecule has 17 heteroatoms. The molecule has 4 rings (SSSR count). The van der Waals surface area contributed by atoms with Crippen molar-refractivity contribution in [3.63, 3.8) is 0 Å². The van der Waals surface area contributed by atoms with E-state index in [-0.39, 0.29) is 72.3 Å². The summed E-state index contributed by atoms with van der Waals surface area (Å²) >= 11 is 0. The number of phenols is 2. The molecule has 0 unspecified atom stereocenters. The lowest BCUT2D eigenvalue weighted by Gasteiger charge is -2.13. The summed E-state index contributed by atoms with van der Waals surface area (Å²) in [5, 5.41) is 25.8. The lowest BCUT2D eigenvalue weighted by Crippen LogP contribution is -2.32. The molecule has 0 bridgehead atoms. The molecule has 3 amide bonds. The number of hydrogen-bond acceptors (Lipinski definition) is 13. The molecule has 0 aliphatic heterocycles. The highest BCUT2D eigenvalue weighted by atomic mass is 31.2. The van der Waals surface area contributed by atoms with E-state index in [0.29, 0.717) is 11.3 Å². The van der Waals surface area contributed by atoms with E-state index in [9.17, 15) is 34.0 Å². The minimum absolute atomic E-state index is 0.0412. The Morgan fingerprint density at radius 3 is 2.32 bits per heavy atom. The van der Waals surface area contributed by atoms with Gasteiger partial charge in [-0.1, -0.05) is 12.1 Å². The van der Waals surface area contributed by atoms with Crippen LogP contribution in [0.4, 0.5) is 5.69 Å². The highest BCUT2D eigenvalue weighted by molar-refractivity contribution is 7.57. The molecule has 16 nitrogen and oxygen atoms in total. The van der Waals surface area contributed by atoms with E-state index in [1.165, 1.54) is 51.0 Å². The number of phenolic OH excluding ortho intramolecular Hbond substituents is 1. The Morgan fingerprint density at radius 1 is 0.920 bits per heavy atom. The average molecular weight is 714 g/mol. The number of nitrogens with two attached hydrogens (primary N) is 1. The molecule has 3 aromatic carbocycles. The summed E-state index contributed by atoms with van der Waals surface area (Å²) in [4.78, 5) is 49.1. The van der Waals surface area contributed by atoms with Crippen LogP contribution in [-0.2, 0) is 23.6 Å². The molecule has 0 radical (unpaired) electrons. The summed E-state index contributed by atoms with van der Waals surface area (Å²) in [7, 11) is -1.45. The Balaban J connectivity index is 1.16. The predicted octanol–water partition coefficient (Wildman–Crippen LogP) is 3.06. The molecule has 0 atom stereocenters. The molecule has 1 heterocycles. The normalized spacial score (nSPS) is 11.2. The first-order valence-electron chi connectivity index (χ1n) is 15.0. The summed E-state index contributed by atoms with van der Waals surface area (Å²) in [5.74, 6) is -2.39. The summed E-state index contributed by atoms with van der Waals surface area (Å²) in [5.41, 5.74) is 5.21. The van der Waals surface area contributed by atoms with Crippen molar-refractivity contribution in [3.05, 3.63) is 70.6 Å². The third kappa shape index (κ3) is 9.98. The van der Waals surface area contributed by atoms with Crippen LogP contribution in [-0.4, -0.2) is 88.0 Å². The lowest BCUT2D eigenvalue weighted by molar-refractivity contribution is -0.123. The monoisotopic (exact) mass is 713 g/mol. The van der Waals surface area contributed by atoms with E-state index in [1.807, 2.05) is 0 Å². The molecule has 50 heavy (non-hydrogen) atoms. The third-order valence-corrected chi connectivity index (χ3v) is 7.40. The standard InChI is InChI=1S/C33H36N3O13P/c1-44-25-9-8-23(32(41)30(25)33(34)42)36-28(39)17-46-13-12-45-11-10-35-27(38)18-47-21-14-24(37)29-26(15-21)48-16-22(31(29)40)19-4-6-20(7-5-19)49-50(2,3)43/h4-9,14-16,37,41H,10-13,17-18H2,1-3H3,(H2,34,42)(H,35,38)(H,36,39). The number of amides is 3. The first-order valence-corrected chi connectivity index (χ1v) is 17.5. The van der Waals surface area contributed by atoms with Crippen LogP contribution in [0.5, 0.6) is 28.7 Å². The third-order valence-electron chi connectivity index (χ3n) is 6.74. The van der Waals surface area contributed by atoms with Gasteiger partial charge in [-0.3, -0.25) is 23.7 Å². The van der Waals surface area contributed by atoms with Gasteiger partial charge in [-0.05, 0) is 29.8 Å². The average Bonchev–Trinajstić information content (AvgIpc) is 3.05. The minimum atomic E-state index is -2.75. The van der Waals surface area contributed by atoms with Gasteiger partial charge in [-0.15, -0.1) is 0 Å². The van der Waals surface area contributed by atoms with E-state index in [1.54, 1.807) is 24.3 Å². The molecule has 266 valence electrons. The van der Waals surface area contributed by atoms with Crippen LogP contribution < -0.4 is 35.8 Å². The number of aromatic hydroxyl groups is 2. The Bertz CT molecular complexity index is 1970. The smallest absolute Gasteiger partial charge is 0.258 e. The fourth-order valence-corrected chi connectivity index (χ4v) is 5.18. The summed E-state index contributed by atoms with van der Waals surface area (Å²) in [6.45, 7) is 2.66. The quantitative estimate of drug-likeness (QED) is 0.0602. The minimum Gasteiger partial charge on any atom is -0.507 e. The zero-order valence-electron chi connectivity index (χ0n) is 27.3. The summed E-state index contributed by atoms with van der Waals surface area (Å²) in [6, 6.07) is 11.7. The highest BCUT2D eigenvalue weighted by Crippen LogP contribution is 2.39. The number of primary amides is 1. The first-order chi connectivity index (χ1) is 23.8. The van der Waals surface area contributed by atoms with Crippen molar-refractivity contribution in [2.75, 3.05) is 65.3 Å². The van der Waals surface area contributed by atoms with Crippen LogP contribution in [0.1, 0.15) is 10.4 Å². The van der Waals surface area contributed by atoms with E-state index < -0.39 is 48.6 Å². The number of rotatable bonds is 17. The van der Waals surface area contributed by atoms with Crippen LogP contribution in [0.3, 0.4) is 0 Å². The van der Waals surface area contributed by atoms with Gasteiger partial charge in [-0.25, -0.2) is 0 Å². The van der Waals surface area contributed by atoms with Gasteiger partial charge in [-0.2, -0.15) is 0 Å². The van der Waals surface area contributed by atoms with Gasteiger partial charge in [0.2, 0.25) is 18.7 Å². The fourth-order valence-electron chi connectivity index (χ4n) is 4.55. The molecule has 0 spiro atoms. The van der Waals surface area contributed by atoms with Gasteiger partial charge in [0.05, 0.1) is 38.2 Å². The predicted molar refractivity (Wildman–Crippen MR) is 182 cm³/mol. The molecule has 0 aliphatic carbocycles. The van der Waals surface area contributed by atoms with Crippen LogP contribution in [0, 0.1) is 0 Å². The Kier molecular flexibility index (Phi) is 12.4. The second kappa shape index (κ2) is 16.7. The maximum Gasteiger partial charge on any atom is 0.258 e. The second-order valence-electron chi connectivity index (χ2n) is 10.9. The summed E-state index contributed by atoms with van der Waals surface area (Å²) in [6.07, 6.45) is 1.25. The van der Waals surface area contributed by atoms with E-state index in [0.717, 1.165) is 0 Å². The number of anilines is 1. The lowest BCUT2D eigenvalue weighted by atomic mass is 10.0. The van der Waals surface area contributed by atoms with Crippen LogP contribution in [0.15, 0.2) is 64.0 Å². The van der Waals surface area contributed by atoms with Gasteiger partial charge in [0.1, 0.15) is 52.4 Å². The summed E-state index contributed by atoms with van der Waals surface area (Å²) < 4.78 is 43.9. The molecule has 6 N–H and O–H groups in total. The number of hydrogen-bond donors (Lipinski definition) is 5. The van der Waals surface area contributed by atoms with E-state index in [2.05, 4.69) is 10.6 Å². The van der Waals surface area contributed by atoms with Gasteiger partial charge in [0, 0.05) is 32.0 Å². The van der Waals surface area contributed by atoms with E-state index in [4.69, 9.17) is 33.6 Å². The zero-order valence-corrected chi connectivity index (χ0v) is 28.2. The molecule has 0 saturated heterocycles. The number of ether oxygens (including phenoxy) is 4. The molecule has 0 fully saturated rings. The SMILES string of the molecule is COc1ccc(NC(=O)COCCOCCNC(=O)COc2cc(O)c3c(=O)c(-c4ccc(OP(C)(C)=O)cc4)coc3c2)c(O)c1C(N)=O. The number of methoxy groups -OCH3 is 1. The number of fused-ring (bicyclic) bond motifs is 1. The Morgan fingerprint density at radius 2 is 1.64 bits per heavy atom. The number of nitrogens with one attached hydrogen (secondary N) is 2. The molecular formula is C33H36N3O13P. The second-order valence-corrected chi connectivity index (χ2v) is 13.6. The van der Waals surface area contributed by atoms with Crippen molar-refractivity contribution in [3.8, 4) is 39.9 Å². The zero-order chi connectivity index (χ0) is 36.4. The van der Waals surface area contributed by atoms with Crippen molar-refractivity contribution >= 4 is 41.7 Å². The Labute approximate surface area is 285 Å². The molecule has 1 aromatic heterocycles. The van der Waals surface area contributed by atoms with E-state index >= 15 is 0 Å². The van der Waals surface area contributed by atoms with Crippen LogP contribution >= 0.6 is 7.37 Å². The Hall–Kier alpha value is -5.57. The van der Waals surface area contributed by atoms with Gasteiger partial charge in [0.15, 0.2) is 12.4 Å².